The maximum absolute atomic E-state index is 9.88. The van der Waals surface area contributed by atoms with Crippen LogP contribution in [0, 0.1) is 5.41 Å². The lowest BCUT2D eigenvalue weighted by atomic mass is 9.75. The zero-order chi connectivity index (χ0) is 17.2. The molecule has 4 nitrogen and oxygen atoms in total. The molecule has 0 spiro atoms. The molecule has 3 rings (SSSR count). The van der Waals surface area contributed by atoms with Gasteiger partial charge >= 0.3 is 0 Å². The van der Waals surface area contributed by atoms with Gasteiger partial charge in [0.25, 0.3) is 0 Å². The Labute approximate surface area is 144 Å². The Kier molecular flexibility index (Phi) is 5.07. The van der Waals surface area contributed by atoms with Crippen molar-refractivity contribution in [1.82, 2.24) is 15.1 Å². The summed E-state index contributed by atoms with van der Waals surface area (Å²) in [5, 5.41) is 18.1. The lowest BCUT2D eigenvalue weighted by molar-refractivity contribution is 0.127. The van der Waals surface area contributed by atoms with E-state index in [4.69, 9.17) is 0 Å². The molecule has 0 unspecified atom stereocenters. The third-order valence-corrected chi connectivity index (χ3v) is 5.50. The molecule has 4 heteroatoms. The van der Waals surface area contributed by atoms with Crippen LogP contribution in [0.3, 0.4) is 0 Å². The Hall–Kier alpha value is -1.65. The molecule has 0 aliphatic heterocycles. The van der Waals surface area contributed by atoms with Crippen molar-refractivity contribution in [3.05, 3.63) is 53.3 Å². The number of aliphatic hydroxyl groups excluding tert-OH is 1. The van der Waals surface area contributed by atoms with Crippen LogP contribution in [-0.2, 0) is 13.5 Å². The van der Waals surface area contributed by atoms with Gasteiger partial charge in [-0.05, 0) is 30.2 Å². The summed E-state index contributed by atoms with van der Waals surface area (Å²) in [6.45, 7) is 5.32. The van der Waals surface area contributed by atoms with E-state index in [1.807, 2.05) is 24.0 Å². The number of aliphatic hydroxyl groups is 1. The minimum absolute atomic E-state index is 0.166. The third-order valence-electron chi connectivity index (χ3n) is 5.50. The van der Waals surface area contributed by atoms with Crippen molar-refractivity contribution in [2.75, 3.05) is 13.2 Å². The van der Waals surface area contributed by atoms with Crippen LogP contribution >= 0.6 is 0 Å². The lowest BCUT2D eigenvalue weighted by Gasteiger charge is -2.35. The average molecular weight is 327 g/mol. The van der Waals surface area contributed by atoms with Crippen molar-refractivity contribution in [2.45, 2.75) is 45.1 Å². The molecule has 130 valence electrons. The van der Waals surface area contributed by atoms with E-state index in [1.165, 1.54) is 23.2 Å². The van der Waals surface area contributed by atoms with Crippen molar-refractivity contribution in [1.29, 1.82) is 0 Å². The van der Waals surface area contributed by atoms with Gasteiger partial charge in [0.2, 0.25) is 0 Å². The van der Waals surface area contributed by atoms with Crippen LogP contribution in [0.1, 0.15) is 55.5 Å². The molecule has 0 radical (unpaired) electrons. The van der Waals surface area contributed by atoms with Gasteiger partial charge in [0, 0.05) is 43.4 Å². The van der Waals surface area contributed by atoms with E-state index in [1.54, 1.807) is 0 Å². The number of hydrogen-bond donors (Lipinski definition) is 2. The summed E-state index contributed by atoms with van der Waals surface area (Å²) in [6.07, 6.45) is 5.48. The highest BCUT2D eigenvalue weighted by Crippen LogP contribution is 2.36. The quantitative estimate of drug-likeness (QED) is 0.857. The first-order valence-electron chi connectivity index (χ1n) is 8.93. The van der Waals surface area contributed by atoms with Crippen LogP contribution in [0.5, 0.6) is 0 Å². The topological polar surface area (TPSA) is 50.1 Å². The zero-order valence-electron chi connectivity index (χ0n) is 15.0. The molecule has 1 aliphatic rings. The Morgan fingerprint density at radius 3 is 2.79 bits per heavy atom. The molecule has 2 aromatic rings. The number of nitrogens with one attached hydrogen (secondary N) is 1. The molecule has 0 amide bonds. The summed E-state index contributed by atoms with van der Waals surface area (Å²) < 4.78 is 2.01. The number of fused-ring (bicyclic) bond motifs is 1. The highest BCUT2D eigenvalue weighted by molar-refractivity contribution is 5.26. The molecular formula is C20H29N3O. The van der Waals surface area contributed by atoms with Gasteiger partial charge in [-0.3, -0.25) is 4.68 Å². The molecular weight excluding hydrogens is 298 g/mol. The van der Waals surface area contributed by atoms with Gasteiger partial charge in [0.1, 0.15) is 0 Å². The van der Waals surface area contributed by atoms with Crippen LogP contribution in [0.2, 0.25) is 0 Å². The Bertz CT molecular complexity index is 663. The molecule has 0 fully saturated rings. The van der Waals surface area contributed by atoms with E-state index < -0.39 is 0 Å². The molecule has 0 saturated heterocycles. The fourth-order valence-corrected chi connectivity index (χ4v) is 3.82. The summed E-state index contributed by atoms with van der Waals surface area (Å²) in [5.41, 5.74) is 3.82. The third kappa shape index (κ3) is 3.40. The standard InChI is InChI=1S/C20H29N3O/c1-20(2,14-24)17(15-8-5-4-6-9-15)13-21-18-10-7-11-19-16(18)12-22-23(19)3/h4-6,8-9,12,17-18,21,24H,7,10-11,13-14H2,1-3H3/t17-,18+/m1/s1. The Morgan fingerprint density at radius 1 is 1.33 bits per heavy atom. The van der Waals surface area contributed by atoms with Crippen LogP contribution in [0.4, 0.5) is 0 Å². The second-order valence-electron chi connectivity index (χ2n) is 7.63. The van der Waals surface area contributed by atoms with Gasteiger partial charge in [0.15, 0.2) is 0 Å². The average Bonchev–Trinajstić information content (AvgIpc) is 2.98. The molecule has 1 heterocycles. The largest absolute Gasteiger partial charge is 0.396 e. The maximum atomic E-state index is 9.88. The lowest BCUT2D eigenvalue weighted by Crippen LogP contribution is -2.36. The minimum Gasteiger partial charge on any atom is -0.396 e. The van der Waals surface area contributed by atoms with Crippen LogP contribution < -0.4 is 5.32 Å². The summed E-state index contributed by atoms with van der Waals surface area (Å²) in [4.78, 5) is 0. The number of aromatic nitrogens is 2. The van der Waals surface area contributed by atoms with Crippen LogP contribution in [0.15, 0.2) is 36.5 Å². The molecule has 1 aromatic heterocycles. The second-order valence-corrected chi connectivity index (χ2v) is 7.63. The zero-order valence-corrected chi connectivity index (χ0v) is 15.0. The SMILES string of the molecule is Cn1ncc2c1CCC[C@@H]2NC[C@H](c1ccccc1)C(C)(C)CO. The van der Waals surface area contributed by atoms with Crippen molar-refractivity contribution in [2.24, 2.45) is 12.5 Å². The molecule has 0 saturated carbocycles. The second kappa shape index (κ2) is 7.08. The molecule has 24 heavy (non-hydrogen) atoms. The monoisotopic (exact) mass is 327 g/mol. The van der Waals surface area contributed by atoms with E-state index in [0.29, 0.717) is 6.04 Å². The summed E-state index contributed by atoms with van der Waals surface area (Å²) in [7, 11) is 2.03. The van der Waals surface area contributed by atoms with Crippen molar-refractivity contribution in [3.63, 3.8) is 0 Å². The van der Waals surface area contributed by atoms with Gasteiger partial charge in [-0.1, -0.05) is 44.2 Å². The van der Waals surface area contributed by atoms with Gasteiger partial charge < -0.3 is 10.4 Å². The first kappa shape index (κ1) is 17.2. The highest BCUT2D eigenvalue weighted by atomic mass is 16.3. The van der Waals surface area contributed by atoms with Gasteiger partial charge in [-0.25, -0.2) is 0 Å². The summed E-state index contributed by atoms with van der Waals surface area (Å²) in [6, 6.07) is 10.9. The van der Waals surface area contributed by atoms with Crippen LogP contribution in [-0.4, -0.2) is 28.0 Å². The smallest absolute Gasteiger partial charge is 0.0540 e. The highest BCUT2D eigenvalue weighted by Gasteiger charge is 2.31. The van der Waals surface area contributed by atoms with E-state index >= 15 is 0 Å². The molecule has 2 atom stereocenters. The maximum Gasteiger partial charge on any atom is 0.0540 e. The first-order chi connectivity index (χ1) is 11.5. The summed E-state index contributed by atoms with van der Waals surface area (Å²) >= 11 is 0. The number of hydrogen-bond acceptors (Lipinski definition) is 3. The number of nitrogens with zero attached hydrogens (tertiary/aromatic N) is 2. The molecule has 2 N–H and O–H groups in total. The first-order valence-corrected chi connectivity index (χ1v) is 8.93. The fourth-order valence-electron chi connectivity index (χ4n) is 3.82. The van der Waals surface area contributed by atoms with Crippen molar-refractivity contribution < 1.29 is 5.11 Å². The minimum atomic E-state index is -0.166. The number of aryl methyl sites for hydroxylation is 1. The van der Waals surface area contributed by atoms with E-state index in [2.05, 4.69) is 48.5 Å². The molecule has 1 aromatic carbocycles. The Morgan fingerprint density at radius 2 is 2.08 bits per heavy atom. The predicted octanol–water partition coefficient (Wildman–Crippen LogP) is 3.19. The molecule has 1 aliphatic carbocycles. The van der Waals surface area contributed by atoms with Crippen LogP contribution in [0.25, 0.3) is 0 Å². The van der Waals surface area contributed by atoms with E-state index in [-0.39, 0.29) is 17.9 Å². The van der Waals surface area contributed by atoms with Crippen molar-refractivity contribution >= 4 is 0 Å². The molecule has 0 bridgehead atoms. The van der Waals surface area contributed by atoms with E-state index in [9.17, 15) is 5.11 Å². The fraction of sp³-hybridized carbons (Fsp3) is 0.550. The predicted molar refractivity (Wildman–Crippen MR) is 96.9 cm³/mol. The summed E-state index contributed by atoms with van der Waals surface area (Å²) in [5.74, 6) is 0.269. The van der Waals surface area contributed by atoms with Gasteiger partial charge in [-0.2, -0.15) is 5.10 Å². The van der Waals surface area contributed by atoms with Gasteiger partial charge in [-0.15, -0.1) is 0 Å². The van der Waals surface area contributed by atoms with Crippen molar-refractivity contribution in [3.8, 4) is 0 Å². The normalized spacial score (nSPS) is 19.1. The number of rotatable bonds is 6. The Balaban J connectivity index is 1.77. The van der Waals surface area contributed by atoms with Gasteiger partial charge in [0.05, 0.1) is 6.20 Å². The number of benzene rings is 1. The van der Waals surface area contributed by atoms with E-state index in [0.717, 1.165) is 19.4 Å².